The van der Waals surface area contributed by atoms with Crippen molar-refractivity contribution >= 4 is 27.5 Å². The Morgan fingerprint density at radius 2 is 2.15 bits per heavy atom. The molecule has 0 amide bonds. The van der Waals surface area contributed by atoms with Gasteiger partial charge in [0, 0.05) is 17.3 Å². The molecule has 0 aromatic carbocycles. The van der Waals surface area contributed by atoms with Gasteiger partial charge in [-0.25, -0.2) is 9.78 Å². The van der Waals surface area contributed by atoms with Crippen molar-refractivity contribution in [3.05, 3.63) is 56.7 Å². The van der Waals surface area contributed by atoms with Crippen molar-refractivity contribution in [3.63, 3.8) is 0 Å². The predicted molar refractivity (Wildman–Crippen MR) is 99.5 cm³/mol. The number of ether oxygens (including phenoxy) is 1. The highest BCUT2D eigenvalue weighted by Gasteiger charge is 2.24. The van der Waals surface area contributed by atoms with Crippen molar-refractivity contribution in [2.45, 2.75) is 39.2 Å². The second-order valence-electron chi connectivity index (χ2n) is 6.77. The lowest BCUT2D eigenvalue weighted by Crippen LogP contribution is -2.18. The van der Waals surface area contributed by atoms with Gasteiger partial charge in [0.15, 0.2) is 11.9 Å². The Labute approximate surface area is 154 Å². The lowest BCUT2D eigenvalue weighted by molar-refractivity contribution is 0.0320. The van der Waals surface area contributed by atoms with Crippen molar-refractivity contribution in [1.29, 1.82) is 0 Å². The normalized spacial score (nSPS) is 17.7. The van der Waals surface area contributed by atoms with Crippen molar-refractivity contribution < 1.29 is 9.53 Å². The summed E-state index contributed by atoms with van der Waals surface area (Å²) < 4.78 is 5.45. The third-order valence-electron chi connectivity index (χ3n) is 4.77. The van der Waals surface area contributed by atoms with Crippen LogP contribution in [0.2, 0.25) is 0 Å². The molecule has 0 aliphatic heterocycles. The molecule has 0 spiro atoms. The lowest BCUT2D eigenvalue weighted by Gasteiger charge is -2.17. The van der Waals surface area contributed by atoms with E-state index in [1.54, 1.807) is 30.4 Å². The molecule has 0 saturated carbocycles. The van der Waals surface area contributed by atoms with Crippen molar-refractivity contribution in [2.75, 3.05) is 0 Å². The molecule has 1 N–H and O–H groups in total. The molecule has 26 heavy (non-hydrogen) atoms. The molecule has 134 valence electrons. The Morgan fingerprint density at radius 3 is 2.92 bits per heavy atom. The predicted octanol–water partition coefficient (Wildman–Crippen LogP) is 3.42. The number of aromatic nitrogens is 3. The minimum atomic E-state index is -0.647. The Bertz CT molecular complexity index is 1030. The number of aryl methyl sites for hydroxylation is 1. The van der Waals surface area contributed by atoms with Gasteiger partial charge in [0.05, 0.1) is 10.9 Å². The van der Waals surface area contributed by atoms with E-state index in [9.17, 15) is 9.59 Å². The maximum atomic E-state index is 12.6. The number of carbonyl (C=O) groups is 1. The molecular formula is C19H19N3O3S. The largest absolute Gasteiger partial charge is 0.451 e. The van der Waals surface area contributed by atoms with Crippen LogP contribution < -0.4 is 5.56 Å². The number of fused-ring (bicyclic) bond motifs is 3. The van der Waals surface area contributed by atoms with Crippen LogP contribution in [0.25, 0.3) is 10.2 Å². The van der Waals surface area contributed by atoms with E-state index in [0.717, 1.165) is 29.7 Å². The molecule has 7 heteroatoms. The van der Waals surface area contributed by atoms with Gasteiger partial charge in [-0.3, -0.25) is 9.78 Å². The minimum Gasteiger partial charge on any atom is -0.451 e. The summed E-state index contributed by atoms with van der Waals surface area (Å²) >= 11 is 1.58. The lowest BCUT2D eigenvalue weighted by atomic mass is 9.89. The summed E-state index contributed by atoms with van der Waals surface area (Å²) in [6.07, 6.45) is 5.44. The molecule has 0 saturated heterocycles. The van der Waals surface area contributed by atoms with Crippen LogP contribution in [0.1, 0.15) is 53.0 Å². The molecule has 3 aromatic rings. The average molecular weight is 369 g/mol. The van der Waals surface area contributed by atoms with Crippen LogP contribution in [-0.2, 0) is 17.6 Å². The summed E-state index contributed by atoms with van der Waals surface area (Å²) in [6.45, 7) is 3.94. The van der Waals surface area contributed by atoms with Gasteiger partial charge in [0.2, 0.25) is 0 Å². The summed E-state index contributed by atoms with van der Waals surface area (Å²) in [4.78, 5) is 38.1. The van der Waals surface area contributed by atoms with Crippen LogP contribution in [0.4, 0.5) is 0 Å². The summed E-state index contributed by atoms with van der Waals surface area (Å²) in [7, 11) is 0. The zero-order valence-electron chi connectivity index (χ0n) is 14.6. The molecule has 3 aromatic heterocycles. The molecule has 1 aliphatic rings. The summed E-state index contributed by atoms with van der Waals surface area (Å²) in [6, 6.07) is 3.17. The van der Waals surface area contributed by atoms with Crippen LogP contribution in [0.3, 0.4) is 0 Å². The summed E-state index contributed by atoms with van der Waals surface area (Å²) in [5, 5.41) is 0.702. The number of aromatic amines is 1. The number of esters is 1. The first-order valence-corrected chi connectivity index (χ1v) is 9.50. The number of hydrogen-bond acceptors (Lipinski definition) is 6. The molecule has 0 radical (unpaired) electrons. The van der Waals surface area contributed by atoms with E-state index in [4.69, 9.17) is 4.74 Å². The van der Waals surface area contributed by atoms with E-state index >= 15 is 0 Å². The van der Waals surface area contributed by atoms with Crippen LogP contribution in [0.15, 0.2) is 29.3 Å². The van der Waals surface area contributed by atoms with E-state index < -0.39 is 12.1 Å². The van der Waals surface area contributed by atoms with Gasteiger partial charge in [-0.05, 0) is 49.8 Å². The van der Waals surface area contributed by atoms with Gasteiger partial charge in [-0.15, -0.1) is 11.3 Å². The van der Waals surface area contributed by atoms with Gasteiger partial charge >= 0.3 is 5.97 Å². The van der Waals surface area contributed by atoms with Crippen molar-refractivity contribution in [2.24, 2.45) is 5.92 Å². The van der Waals surface area contributed by atoms with Gasteiger partial charge in [0.25, 0.3) is 5.56 Å². The smallest absolute Gasteiger partial charge is 0.338 e. The molecule has 0 unspecified atom stereocenters. The fraction of sp³-hybridized carbons (Fsp3) is 0.368. The monoisotopic (exact) mass is 369 g/mol. The average Bonchev–Trinajstić information content (AvgIpc) is 3.00. The molecule has 6 nitrogen and oxygen atoms in total. The number of pyridine rings is 1. The summed E-state index contributed by atoms with van der Waals surface area (Å²) in [5.74, 6) is 0.535. The second-order valence-corrected chi connectivity index (χ2v) is 7.85. The van der Waals surface area contributed by atoms with Crippen LogP contribution in [0, 0.1) is 5.92 Å². The Morgan fingerprint density at radius 1 is 1.38 bits per heavy atom. The number of carbonyl (C=O) groups excluding carboxylic acids is 1. The first-order chi connectivity index (χ1) is 12.5. The number of thiophene rings is 1. The third-order valence-corrected chi connectivity index (χ3v) is 5.92. The SMILES string of the molecule is C[C@H]1CCc2c(sc3nc([C@@H](C)OC(=O)c4ccncc4)[nH]c(=O)c23)C1. The standard InChI is InChI=1S/C19H19N3O3S/c1-10-3-4-13-14(9-10)26-18-15(13)17(23)21-16(22-18)11(2)25-19(24)12-5-7-20-8-6-12/h5-8,10-11H,3-4,9H2,1-2H3,(H,21,22,23)/t10-,11+/m0/s1. The van der Waals surface area contributed by atoms with Crippen LogP contribution >= 0.6 is 11.3 Å². The molecular weight excluding hydrogens is 350 g/mol. The number of H-pyrrole nitrogens is 1. The Hall–Kier alpha value is -2.54. The van der Waals surface area contributed by atoms with Crippen LogP contribution in [0.5, 0.6) is 0 Å². The summed E-state index contributed by atoms with van der Waals surface area (Å²) in [5.41, 5.74) is 1.41. The molecule has 2 atom stereocenters. The fourth-order valence-corrected chi connectivity index (χ4v) is 4.72. The Balaban J connectivity index is 1.65. The molecule has 3 heterocycles. The third kappa shape index (κ3) is 3.03. The number of nitrogens with zero attached hydrogens (tertiary/aromatic N) is 2. The molecule has 1 aliphatic carbocycles. The zero-order chi connectivity index (χ0) is 18.3. The van der Waals surface area contributed by atoms with Gasteiger partial charge < -0.3 is 9.72 Å². The highest BCUT2D eigenvalue weighted by molar-refractivity contribution is 7.18. The first-order valence-electron chi connectivity index (χ1n) is 8.68. The van der Waals surface area contributed by atoms with Gasteiger partial charge in [0.1, 0.15) is 4.83 Å². The molecule has 0 fully saturated rings. The highest BCUT2D eigenvalue weighted by atomic mass is 32.1. The topological polar surface area (TPSA) is 84.9 Å². The van der Waals surface area contributed by atoms with E-state index in [0.29, 0.717) is 22.7 Å². The van der Waals surface area contributed by atoms with E-state index in [2.05, 4.69) is 21.9 Å². The van der Waals surface area contributed by atoms with E-state index in [1.807, 2.05) is 0 Å². The van der Waals surface area contributed by atoms with E-state index in [1.165, 1.54) is 17.3 Å². The maximum Gasteiger partial charge on any atom is 0.338 e. The van der Waals surface area contributed by atoms with E-state index in [-0.39, 0.29) is 5.56 Å². The number of rotatable bonds is 3. The van der Waals surface area contributed by atoms with Gasteiger partial charge in [-0.2, -0.15) is 0 Å². The number of hydrogen-bond donors (Lipinski definition) is 1. The van der Waals surface area contributed by atoms with Crippen LogP contribution in [-0.4, -0.2) is 20.9 Å². The molecule has 4 rings (SSSR count). The zero-order valence-corrected chi connectivity index (χ0v) is 15.4. The second kappa shape index (κ2) is 6.64. The number of nitrogens with one attached hydrogen (secondary N) is 1. The molecule has 0 bridgehead atoms. The first kappa shape index (κ1) is 16.9. The maximum absolute atomic E-state index is 12.6. The Kier molecular flexibility index (Phi) is 4.32. The quantitative estimate of drug-likeness (QED) is 0.715. The van der Waals surface area contributed by atoms with Crippen molar-refractivity contribution in [1.82, 2.24) is 15.0 Å². The van der Waals surface area contributed by atoms with Gasteiger partial charge in [-0.1, -0.05) is 6.92 Å². The highest BCUT2D eigenvalue weighted by Crippen LogP contribution is 2.35. The van der Waals surface area contributed by atoms with Crippen molar-refractivity contribution in [3.8, 4) is 0 Å². The fourth-order valence-electron chi connectivity index (χ4n) is 3.33. The minimum absolute atomic E-state index is 0.149.